The lowest BCUT2D eigenvalue weighted by atomic mass is 10.0. The molecule has 1 fully saturated rings. The minimum absolute atomic E-state index is 0.0495. The Bertz CT molecular complexity index is 1100. The third-order valence-electron chi connectivity index (χ3n) is 5.65. The van der Waals surface area contributed by atoms with E-state index in [1.54, 1.807) is 24.3 Å². The summed E-state index contributed by atoms with van der Waals surface area (Å²) < 4.78 is 5.17. The van der Waals surface area contributed by atoms with E-state index >= 15 is 0 Å². The second-order valence-electron chi connectivity index (χ2n) is 7.95. The van der Waals surface area contributed by atoms with E-state index in [2.05, 4.69) is 37.6 Å². The lowest BCUT2D eigenvalue weighted by Crippen LogP contribution is -2.44. The zero-order valence-electron chi connectivity index (χ0n) is 18.5. The van der Waals surface area contributed by atoms with Gasteiger partial charge in [0.15, 0.2) is 11.5 Å². The van der Waals surface area contributed by atoms with Crippen LogP contribution in [0.2, 0.25) is 0 Å². The number of benzene rings is 2. The van der Waals surface area contributed by atoms with Crippen LogP contribution >= 0.6 is 0 Å². The van der Waals surface area contributed by atoms with Crippen LogP contribution in [0.4, 0.5) is 5.82 Å². The van der Waals surface area contributed by atoms with Crippen LogP contribution in [0.3, 0.4) is 0 Å². The Morgan fingerprint density at radius 1 is 1.00 bits per heavy atom. The van der Waals surface area contributed by atoms with E-state index < -0.39 is 5.91 Å². The molecule has 2 amide bonds. The maximum absolute atomic E-state index is 12.9. The summed E-state index contributed by atoms with van der Waals surface area (Å²) in [7, 11) is 1.54. The van der Waals surface area contributed by atoms with Gasteiger partial charge in [0.25, 0.3) is 11.8 Å². The molecule has 2 heterocycles. The number of carbonyl (C=O) groups excluding carboxylic acids is 2. The Morgan fingerprint density at radius 2 is 1.76 bits per heavy atom. The van der Waals surface area contributed by atoms with E-state index in [-0.39, 0.29) is 23.5 Å². The number of amides is 2. The molecule has 0 atom stereocenters. The molecule has 0 saturated carbocycles. The van der Waals surface area contributed by atoms with E-state index in [9.17, 15) is 9.59 Å². The Morgan fingerprint density at radius 3 is 2.52 bits per heavy atom. The molecular weight excluding hydrogens is 418 g/mol. The number of hydrogen-bond donors (Lipinski definition) is 2. The number of ether oxygens (including phenoxy) is 1. The third-order valence-corrected chi connectivity index (χ3v) is 5.65. The lowest BCUT2D eigenvalue weighted by molar-refractivity contribution is 0.0904. The first-order chi connectivity index (χ1) is 16.1. The topological polar surface area (TPSA) is 96.5 Å². The van der Waals surface area contributed by atoms with Crippen LogP contribution in [0.5, 0.6) is 5.75 Å². The fourth-order valence-corrected chi connectivity index (χ4v) is 3.87. The van der Waals surface area contributed by atoms with Gasteiger partial charge in [-0.1, -0.05) is 36.4 Å². The van der Waals surface area contributed by atoms with Crippen molar-refractivity contribution in [1.82, 2.24) is 20.2 Å². The smallest absolute Gasteiger partial charge is 0.273 e. The van der Waals surface area contributed by atoms with Crippen molar-refractivity contribution in [1.29, 1.82) is 0 Å². The molecule has 33 heavy (non-hydrogen) atoms. The quantitative estimate of drug-likeness (QED) is 0.580. The minimum Gasteiger partial charge on any atom is -0.497 e. The molecule has 0 unspecified atom stereocenters. The number of likely N-dealkylation sites (tertiary alicyclic amines) is 1. The number of anilines is 1. The van der Waals surface area contributed by atoms with Crippen molar-refractivity contribution in [3.05, 3.63) is 83.8 Å². The van der Waals surface area contributed by atoms with Crippen molar-refractivity contribution >= 4 is 17.6 Å². The Hall–Kier alpha value is -3.78. The number of carbonyl (C=O) groups is 2. The normalized spacial score (nSPS) is 14.5. The number of nitrogens with zero attached hydrogens (tertiary/aromatic N) is 3. The monoisotopic (exact) mass is 445 g/mol. The zero-order valence-corrected chi connectivity index (χ0v) is 18.5. The molecule has 1 aliphatic rings. The molecule has 1 aromatic heterocycles. The van der Waals surface area contributed by atoms with Gasteiger partial charge in [-0.05, 0) is 36.6 Å². The molecule has 8 heteroatoms. The standard InChI is InChI=1S/C25H27N5O3/c1-33-21-9-5-8-19(16-21)24(31)29-23-22(26-12-13-27-23)25(32)28-20-10-14-30(15-11-20)17-18-6-3-2-4-7-18/h2-9,12-13,16,20H,10-11,14-15,17H2,1H3,(H,28,32)(H,27,29,31). The molecule has 3 aromatic rings. The van der Waals surface area contributed by atoms with Crippen LogP contribution in [0.25, 0.3) is 0 Å². The lowest BCUT2D eigenvalue weighted by Gasteiger charge is -2.32. The average Bonchev–Trinajstić information content (AvgIpc) is 2.86. The van der Waals surface area contributed by atoms with Gasteiger partial charge in [0.1, 0.15) is 5.75 Å². The molecule has 2 N–H and O–H groups in total. The minimum atomic E-state index is -0.391. The summed E-state index contributed by atoms with van der Waals surface area (Å²) >= 11 is 0. The summed E-state index contributed by atoms with van der Waals surface area (Å²) in [5.41, 5.74) is 1.79. The number of aromatic nitrogens is 2. The highest BCUT2D eigenvalue weighted by Gasteiger charge is 2.24. The van der Waals surface area contributed by atoms with E-state index in [4.69, 9.17) is 4.74 Å². The Labute approximate surface area is 193 Å². The first-order valence-corrected chi connectivity index (χ1v) is 11.0. The number of piperidine rings is 1. The summed E-state index contributed by atoms with van der Waals surface area (Å²) in [4.78, 5) is 36.3. The Kier molecular flexibility index (Phi) is 7.26. The summed E-state index contributed by atoms with van der Waals surface area (Å²) in [6.45, 7) is 2.71. The van der Waals surface area contributed by atoms with Gasteiger partial charge in [-0.3, -0.25) is 14.5 Å². The first-order valence-electron chi connectivity index (χ1n) is 11.0. The molecule has 1 saturated heterocycles. The molecular formula is C25H27N5O3. The molecule has 1 aliphatic heterocycles. The molecule has 0 spiro atoms. The fraction of sp³-hybridized carbons (Fsp3) is 0.280. The van der Waals surface area contributed by atoms with Gasteiger partial charge in [-0.2, -0.15) is 0 Å². The SMILES string of the molecule is COc1cccc(C(=O)Nc2nccnc2C(=O)NC2CCN(Cc3ccccc3)CC2)c1. The molecule has 2 aromatic carbocycles. The van der Waals surface area contributed by atoms with E-state index in [0.717, 1.165) is 32.5 Å². The van der Waals surface area contributed by atoms with Crippen LogP contribution in [-0.2, 0) is 6.54 Å². The van der Waals surface area contributed by atoms with Gasteiger partial charge >= 0.3 is 0 Å². The first kappa shape index (κ1) is 22.4. The van der Waals surface area contributed by atoms with Crippen LogP contribution in [0.1, 0.15) is 39.3 Å². The van der Waals surface area contributed by atoms with Crippen molar-refractivity contribution < 1.29 is 14.3 Å². The third kappa shape index (κ3) is 5.93. The van der Waals surface area contributed by atoms with Crippen molar-refractivity contribution in [3.63, 3.8) is 0 Å². The molecule has 0 radical (unpaired) electrons. The number of rotatable bonds is 7. The van der Waals surface area contributed by atoms with Crippen molar-refractivity contribution in [2.45, 2.75) is 25.4 Å². The van der Waals surface area contributed by atoms with Gasteiger partial charge in [-0.25, -0.2) is 9.97 Å². The fourth-order valence-electron chi connectivity index (χ4n) is 3.87. The second-order valence-corrected chi connectivity index (χ2v) is 7.95. The Balaban J connectivity index is 1.35. The average molecular weight is 446 g/mol. The van der Waals surface area contributed by atoms with Crippen molar-refractivity contribution in [2.24, 2.45) is 0 Å². The molecule has 4 rings (SSSR count). The number of nitrogens with one attached hydrogen (secondary N) is 2. The largest absolute Gasteiger partial charge is 0.497 e. The van der Waals surface area contributed by atoms with Gasteiger partial charge in [0.2, 0.25) is 0 Å². The predicted molar refractivity (Wildman–Crippen MR) is 125 cm³/mol. The summed E-state index contributed by atoms with van der Waals surface area (Å²) in [5.74, 6) is -0.0362. The highest BCUT2D eigenvalue weighted by atomic mass is 16.5. The maximum atomic E-state index is 12.9. The molecule has 170 valence electrons. The van der Waals surface area contributed by atoms with Gasteiger partial charge < -0.3 is 15.4 Å². The van der Waals surface area contributed by atoms with Crippen LogP contribution in [-0.4, -0.2) is 52.9 Å². The van der Waals surface area contributed by atoms with E-state index in [0.29, 0.717) is 11.3 Å². The predicted octanol–water partition coefficient (Wildman–Crippen LogP) is 3.13. The van der Waals surface area contributed by atoms with Gasteiger partial charge in [0, 0.05) is 43.6 Å². The maximum Gasteiger partial charge on any atom is 0.273 e. The molecule has 0 bridgehead atoms. The van der Waals surface area contributed by atoms with E-state index in [1.165, 1.54) is 25.1 Å². The molecule has 8 nitrogen and oxygen atoms in total. The van der Waals surface area contributed by atoms with Crippen LogP contribution in [0.15, 0.2) is 67.0 Å². The van der Waals surface area contributed by atoms with Crippen molar-refractivity contribution in [3.8, 4) is 5.75 Å². The van der Waals surface area contributed by atoms with Gasteiger partial charge in [-0.15, -0.1) is 0 Å². The number of hydrogen-bond acceptors (Lipinski definition) is 6. The summed E-state index contributed by atoms with van der Waals surface area (Å²) in [6, 6.07) is 17.2. The van der Waals surface area contributed by atoms with Crippen LogP contribution < -0.4 is 15.4 Å². The van der Waals surface area contributed by atoms with Gasteiger partial charge in [0.05, 0.1) is 7.11 Å². The zero-order chi connectivity index (χ0) is 23.0. The summed E-state index contributed by atoms with van der Waals surface area (Å²) in [6.07, 6.45) is 4.59. The number of methoxy groups -OCH3 is 1. The highest BCUT2D eigenvalue weighted by molar-refractivity contribution is 6.07. The second kappa shape index (κ2) is 10.7. The molecule has 0 aliphatic carbocycles. The highest BCUT2D eigenvalue weighted by Crippen LogP contribution is 2.17. The van der Waals surface area contributed by atoms with Crippen LogP contribution in [0, 0.1) is 0 Å². The summed E-state index contributed by atoms with van der Waals surface area (Å²) in [5, 5.41) is 5.75. The van der Waals surface area contributed by atoms with E-state index in [1.807, 2.05) is 18.2 Å². The van der Waals surface area contributed by atoms with Crippen molar-refractivity contribution in [2.75, 3.05) is 25.5 Å².